The molecule has 0 bridgehead atoms. The van der Waals surface area contributed by atoms with Gasteiger partial charge in [-0.05, 0) is 21.0 Å². The normalized spacial score (nSPS) is 11.1. The number of anilines is 1. The summed E-state index contributed by atoms with van der Waals surface area (Å²) in [5.41, 5.74) is 1.60. The summed E-state index contributed by atoms with van der Waals surface area (Å²) >= 11 is 6.09. The fourth-order valence-corrected chi connectivity index (χ4v) is 2.02. The van der Waals surface area contributed by atoms with Crippen LogP contribution in [-0.2, 0) is 13.6 Å². The molecule has 2 heterocycles. The largest absolute Gasteiger partial charge is 0.318 e. The maximum Gasteiger partial charge on any atom is 0.277 e. The molecule has 0 fully saturated rings. The zero-order valence-electron chi connectivity index (χ0n) is 12.6. The predicted molar refractivity (Wildman–Crippen MR) is 81.7 cm³/mol. The number of rotatable bonds is 5. The van der Waals surface area contributed by atoms with Crippen LogP contribution < -0.4 is 5.32 Å². The molecule has 2 aromatic rings. The maximum atomic E-state index is 12.2. The molecule has 0 aromatic carbocycles. The van der Waals surface area contributed by atoms with Gasteiger partial charge in [0.15, 0.2) is 5.69 Å². The van der Waals surface area contributed by atoms with Crippen LogP contribution in [0.5, 0.6) is 0 Å². The molecular weight excluding hydrogens is 292 g/mol. The van der Waals surface area contributed by atoms with E-state index in [1.54, 1.807) is 28.8 Å². The van der Waals surface area contributed by atoms with E-state index in [9.17, 15) is 4.79 Å². The molecule has 0 spiro atoms. The van der Waals surface area contributed by atoms with Gasteiger partial charge in [-0.2, -0.15) is 10.2 Å². The summed E-state index contributed by atoms with van der Waals surface area (Å²) in [7, 11) is 5.74. The Morgan fingerprint density at radius 2 is 2.19 bits per heavy atom. The summed E-state index contributed by atoms with van der Waals surface area (Å²) in [5, 5.41) is 11.4. The Morgan fingerprint density at radius 3 is 2.76 bits per heavy atom. The fraction of sp³-hybridized carbons (Fsp3) is 0.462. The topological polar surface area (TPSA) is 68.0 Å². The number of hydrogen-bond donors (Lipinski definition) is 1. The highest BCUT2D eigenvalue weighted by atomic mass is 35.5. The van der Waals surface area contributed by atoms with Crippen LogP contribution in [0.1, 0.15) is 16.2 Å². The highest BCUT2D eigenvalue weighted by Crippen LogP contribution is 2.20. The van der Waals surface area contributed by atoms with Gasteiger partial charge < -0.3 is 10.2 Å². The lowest BCUT2D eigenvalue weighted by atomic mass is 10.3. The van der Waals surface area contributed by atoms with Gasteiger partial charge in [-0.1, -0.05) is 11.6 Å². The van der Waals surface area contributed by atoms with Gasteiger partial charge in [0.05, 0.1) is 29.1 Å². The molecule has 21 heavy (non-hydrogen) atoms. The van der Waals surface area contributed by atoms with Gasteiger partial charge in [0.2, 0.25) is 0 Å². The van der Waals surface area contributed by atoms with Crippen molar-refractivity contribution in [1.82, 2.24) is 24.5 Å². The lowest BCUT2D eigenvalue weighted by molar-refractivity contribution is 0.102. The molecule has 114 valence electrons. The van der Waals surface area contributed by atoms with E-state index >= 15 is 0 Å². The number of aryl methyl sites for hydroxylation is 1. The Bertz CT molecular complexity index is 645. The van der Waals surface area contributed by atoms with E-state index in [0.29, 0.717) is 10.7 Å². The predicted octanol–water partition coefficient (Wildman–Crippen LogP) is 1.39. The van der Waals surface area contributed by atoms with Crippen molar-refractivity contribution in [3.8, 4) is 0 Å². The molecule has 0 saturated heterocycles. The molecule has 0 saturated carbocycles. The molecule has 0 atom stereocenters. The van der Waals surface area contributed by atoms with Crippen molar-refractivity contribution in [2.24, 2.45) is 7.05 Å². The molecule has 2 rings (SSSR count). The smallest absolute Gasteiger partial charge is 0.277 e. The molecule has 2 aromatic heterocycles. The molecule has 0 aliphatic rings. The average Bonchev–Trinajstić information content (AvgIpc) is 2.97. The highest BCUT2D eigenvalue weighted by Gasteiger charge is 2.18. The first kappa shape index (κ1) is 15.5. The van der Waals surface area contributed by atoms with Crippen LogP contribution in [0.15, 0.2) is 12.4 Å². The zero-order chi connectivity index (χ0) is 15.6. The van der Waals surface area contributed by atoms with Crippen LogP contribution in [0, 0.1) is 6.92 Å². The average molecular weight is 311 g/mol. The van der Waals surface area contributed by atoms with Crippen molar-refractivity contribution in [2.45, 2.75) is 13.5 Å². The van der Waals surface area contributed by atoms with Gasteiger partial charge in [0, 0.05) is 19.8 Å². The van der Waals surface area contributed by atoms with Crippen LogP contribution in [0.4, 0.5) is 5.69 Å². The first-order valence-electron chi connectivity index (χ1n) is 6.56. The number of carbonyl (C=O) groups excluding carboxylic acids is 1. The van der Waals surface area contributed by atoms with E-state index in [1.807, 2.05) is 21.0 Å². The second-order valence-corrected chi connectivity index (χ2v) is 5.50. The van der Waals surface area contributed by atoms with Crippen molar-refractivity contribution in [2.75, 3.05) is 26.0 Å². The summed E-state index contributed by atoms with van der Waals surface area (Å²) in [6.45, 7) is 3.44. The van der Waals surface area contributed by atoms with E-state index in [0.717, 1.165) is 18.8 Å². The molecule has 1 N–H and O–H groups in total. The summed E-state index contributed by atoms with van der Waals surface area (Å²) in [6, 6.07) is 0. The number of hydrogen-bond acceptors (Lipinski definition) is 4. The van der Waals surface area contributed by atoms with Gasteiger partial charge in [0.25, 0.3) is 5.91 Å². The van der Waals surface area contributed by atoms with Crippen LogP contribution in [0.3, 0.4) is 0 Å². The first-order valence-corrected chi connectivity index (χ1v) is 6.94. The monoisotopic (exact) mass is 310 g/mol. The van der Waals surface area contributed by atoms with Crippen LogP contribution >= 0.6 is 11.6 Å². The molecule has 1 amide bonds. The third-order valence-corrected chi connectivity index (χ3v) is 3.60. The van der Waals surface area contributed by atoms with Gasteiger partial charge in [-0.3, -0.25) is 14.2 Å². The van der Waals surface area contributed by atoms with Crippen molar-refractivity contribution in [1.29, 1.82) is 0 Å². The Morgan fingerprint density at radius 1 is 1.48 bits per heavy atom. The quantitative estimate of drug-likeness (QED) is 0.906. The number of likely N-dealkylation sites (N-methyl/N-ethyl adjacent to an activating group) is 1. The Balaban J connectivity index is 2.04. The first-order chi connectivity index (χ1) is 9.88. The van der Waals surface area contributed by atoms with E-state index < -0.39 is 0 Å². The number of nitrogens with one attached hydrogen (secondary N) is 1. The van der Waals surface area contributed by atoms with E-state index in [4.69, 9.17) is 11.6 Å². The molecule has 0 aliphatic carbocycles. The number of carbonyl (C=O) groups is 1. The van der Waals surface area contributed by atoms with Crippen LogP contribution in [0.25, 0.3) is 0 Å². The van der Waals surface area contributed by atoms with E-state index in [1.165, 1.54) is 0 Å². The Labute approximate surface area is 128 Å². The standard InChI is InChI=1S/C13H19ClN6O/c1-9-11(14)12(17-19(9)4)13(21)16-10-7-15-20(8-10)6-5-18(2)3/h7-8H,5-6H2,1-4H3,(H,16,21). The number of halogens is 1. The van der Waals surface area contributed by atoms with Gasteiger partial charge in [-0.25, -0.2) is 0 Å². The lowest BCUT2D eigenvalue weighted by Crippen LogP contribution is -2.18. The number of nitrogens with zero attached hydrogens (tertiary/aromatic N) is 5. The van der Waals surface area contributed by atoms with Gasteiger partial charge in [-0.15, -0.1) is 0 Å². The molecule has 0 radical (unpaired) electrons. The summed E-state index contributed by atoms with van der Waals surface area (Å²) < 4.78 is 3.36. The Hall–Kier alpha value is -1.86. The van der Waals surface area contributed by atoms with E-state index in [-0.39, 0.29) is 11.6 Å². The second kappa shape index (κ2) is 6.28. The molecule has 7 nitrogen and oxygen atoms in total. The molecule has 0 unspecified atom stereocenters. The summed E-state index contributed by atoms with van der Waals surface area (Å²) in [5.74, 6) is -0.337. The second-order valence-electron chi connectivity index (χ2n) is 5.12. The van der Waals surface area contributed by atoms with Gasteiger partial charge >= 0.3 is 0 Å². The summed E-state index contributed by atoms with van der Waals surface area (Å²) in [6.07, 6.45) is 3.39. The summed E-state index contributed by atoms with van der Waals surface area (Å²) in [4.78, 5) is 14.2. The molecular formula is C13H19ClN6O. The number of amides is 1. The van der Waals surface area contributed by atoms with Crippen LogP contribution in [-0.4, -0.2) is 51.0 Å². The minimum atomic E-state index is -0.337. The van der Waals surface area contributed by atoms with Crippen molar-refractivity contribution >= 4 is 23.2 Å². The van der Waals surface area contributed by atoms with Crippen molar-refractivity contribution < 1.29 is 4.79 Å². The Kier molecular flexibility index (Phi) is 4.64. The van der Waals surface area contributed by atoms with Crippen LogP contribution in [0.2, 0.25) is 5.02 Å². The van der Waals surface area contributed by atoms with Crippen molar-refractivity contribution in [3.05, 3.63) is 28.8 Å². The SMILES string of the molecule is Cc1c(Cl)c(C(=O)Nc2cnn(CCN(C)C)c2)nn1C. The highest BCUT2D eigenvalue weighted by molar-refractivity contribution is 6.34. The number of aromatic nitrogens is 4. The molecule has 0 aliphatic heterocycles. The minimum Gasteiger partial charge on any atom is -0.318 e. The van der Waals surface area contributed by atoms with Gasteiger partial charge in [0.1, 0.15) is 0 Å². The molecule has 8 heteroatoms. The minimum absolute atomic E-state index is 0.220. The fourth-order valence-electron chi connectivity index (χ4n) is 1.77. The lowest BCUT2D eigenvalue weighted by Gasteiger charge is -2.08. The van der Waals surface area contributed by atoms with E-state index in [2.05, 4.69) is 20.4 Å². The maximum absolute atomic E-state index is 12.2. The van der Waals surface area contributed by atoms with Crippen molar-refractivity contribution in [3.63, 3.8) is 0 Å². The zero-order valence-corrected chi connectivity index (χ0v) is 13.3. The third kappa shape index (κ3) is 3.62. The third-order valence-electron chi connectivity index (χ3n) is 3.14.